The van der Waals surface area contributed by atoms with Crippen molar-refractivity contribution in [2.45, 2.75) is 90.1 Å². The number of aliphatic carboxylic acids is 1. The maximum absolute atomic E-state index is 13.7. The highest BCUT2D eigenvalue weighted by molar-refractivity contribution is 5.98. The minimum absolute atomic E-state index is 0.0532. The van der Waals surface area contributed by atoms with Crippen molar-refractivity contribution >= 4 is 23.7 Å². The zero-order valence-electron chi connectivity index (χ0n) is 34.1. The molecule has 0 bridgehead atoms. The molecule has 0 aliphatic rings. The maximum atomic E-state index is 13.7. The van der Waals surface area contributed by atoms with E-state index in [-0.39, 0.29) is 11.8 Å². The molecule has 4 aromatic rings. The molecule has 3 aromatic carbocycles. The van der Waals surface area contributed by atoms with Crippen LogP contribution in [0.5, 0.6) is 5.75 Å². The minimum Gasteiger partial charge on any atom is -0.494 e. The topological polar surface area (TPSA) is 163 Å². The number of aromatic nitrogens is 2. The first-order valence-electron chi connectivity index (χ1n) is 19.7. The molecule has 2 atom stereocenters. The number of amides is 3. The number of likely N-dealkylation sites (N-methyl/N-ethyl adjacent to an activating group) is 1. The van der Waals surface area contributed by atoms with Crippen LogP contribution in [0.4, 0.5) is 0 Å². The van der Waals surface area contributed by atoms with Gasteiger partial charge in [-0.1, -0.05) is 102 Å². The molecule has 0 saturated carbocycles. The van der Waals surface area contributed by atoms with E-state index >= 15 is 0 Å². The van der Waals surface area contributed by atoms with Crippen molar-refractivity contribution < 1.29 is 29.0 Å². The van der Waals surface area contributed by atoms with Crippen molar-refractivity contribution in [3.05, 3.63) is 102 Å². The number of nitrogens with one attached hydrogen (secondary N) is 3. The first-order valence-corrected chi connectivity index (χ1v) is 19.7. The molecule has 57 heavy (non-hydrogen) atoms. The quantitative estimate of drug-likeness (QED) is 0.0698. The minimum atomic E-state index is -1.50. The summed E-state index contributed by atoms with van der Waals surface area (Å²) < 4.78 is 5.90. The van der Waals surface area contributed by atoms with Gasteiger partial charge in [-0.3, -0.25) is 14.4 Å². The molecule has 0 saturated heterocycles. The van der Waals surface area contributed by atoms with E-state index in [1.54, 1.807) is 24.5 Å². The van der Waals surface area contributed by atoms with Gasteiger partial charge in [0.05, 0.1) is 13.0 Å². The monoisotopic (exact) mass is 778 g/mol. The Labute approximate surface area is 336 Å². The highest BCUT2D eigenvalue weighted by Gasteiger charge is 2.29. The van der Waals surface area contributed by atoms with Gasteiger partial charge in [-0.2, -0.15) is 0 Å². The van der Waals surface area contributed by atoms with Gasteiger partial charge < -0.3 is 30.7 Å². The molecule has 0 radical (unpaired) electrons. The van der Waals surface area contributed by atoms with E-state index in [9.17, 15) is 24.3 Å². The van der Waals surface area contributed by atoms with Crippen molar-refractivity contribution in [3.8, 4) is 28.3 Å². The molecule has 1 heterocycles. The van der Waals surface area contributed by atoms with Gasteiger partial charge >= 0.3 is 5.97 Å². The first kappa shape index (κ1) is 44.1. The summed E-state index contributed by atoms with van der Waals surface area (Å²) in [6, 6.07) is 19.7. The lowest BCUT2D eigenvalue weighted by atomic mass is 9.86. The number of rotatable bonds is 21. The summed E-state index contributed by atoms with van der Waals surface area (Å²) in [7, 11) is 3.71. The van der Waals surface area contributed by atoms with Gasteiger partial charge in [-0.15, -0.1) is 0 Å². The van der Waals surface area contributed by atoms with E-state index in [1.165, 1.54) is 25.7 Å². The summed E-state index contributed by atoms with van der Waals surface area (Å²) >= 11 is 0. The van der Waals surface area contributed by atoms with Gasteiger partial charge in [-0.25, -0.2) is 14.8 Å². The van der Waals surface area contributed by atoms with Crippen LogP contribution in [0, 0.1) is 0 Å². The molecular formula is C45H58N6O6. The fraction of sp³-hybridized carbons (Fsp3) is 0.422. The molecule has 3 amide bonds. The van der Waals surface area contributed by atoms with Crippen LogP contribution in [0.25, 0.3) is 22.5 Å². The van der Waals surface area contributed by atoms with Crippen LogP contribution in [0.3, 0.4) is 0 Å². The van der Waals surface area contributed by atoms with Crippen LogP contribution in [0.15, 0.2) is 85.2 Å². The predicted octanol–water partition coefficient (Wildman–Crippen LogP) is 6.44. The fourth-order valence-electron chi connectivity index (χ4n) is 6.01. The van der Waals surface area contributed by atoms with Crippen LogP contribution in [-0.2, 0) is 26.2 Å². The number of carbonyl (C=O) groups is 4. The molecule has 4 N–H and O–H groups in total. The molecule has 4 rings (SSSR count). The Morgan fingerprint density at radius 3 is 2.00 bits per heavy atom. The summed E-state index contributed by atoms with van der Waals surface area (Å²) in [5.74, 6) is -1.74. The smallest absolute Gasteiger partial charge is 0.326 e. The Hall–Kier alpha value is -5.62. The number of hydrogen-bond acceptors (Lipinski definition) is 8. The number of carboxylic acids is 1. The number of hydrogen-bond donors (Lipinski definition) is 4. The normalized spacial score (nSPS) is 12.4. The van der Waals surface area contributed by atoms with Crippen LogP contribution >= 0.6 is 0 Å². The lowest BCUT2D eigenvalue weighted by molar-refractivity contribution is -0.143. The van der Waals surface area contributed by atoms with E-state index in [0.29, 0.717) is 36.6 Å². The van der Waals surface area contributed by atoms with Crippen LogP contribution < -0.4 is 20.7 Å². The van der Waals surface area contributed by atoms with Crippen molar-refractivity contribution in [2.75, 3.05) is 33.8 Å². The van der Waals surface area contributed by atoms with Gasteiger partial charge in [0.25, 0.3) is 5.91 Å². The molecule has 0 spiro atoms. The molecule has 0 aliphatic heterocycles. The zero-order chi connectivity index (χ0) is 41.4. The largest absolute Gasteiger partial charge is 0.494 e. The van der Waals surface area contributed by atoms with Crippen molar-refractivity contribution in [1.29, 1.82) is 0 Å². The highest BCUT2D eigenvalue weighted by Crippen LogP contribution is 2.25. The average Bonchev–Trinajstić information content (AvgIpc) is 3.18. The number of carboxylic acid groups (broad SMARTS) is 1. The fourth-order valence-corrected chi connectivity index (χ4v) is 6.01. The van der Waals surface area contributed by atoms with Gasteiger partial charge in [-0.05, 0) is 66.9 Å². The Morgan fingerprint density at radius 2 is 1.40 bits per heavy atom. The molecule has 12 heteroatoms. The van der Waals surface area contributed by atoms with Crippen LogP contribution in [0.2, 0.25) is 0 Å². The molecule has 2 unspecified atom stereocenters. The second kappa shape index (κ2) is 21.6. The first-order chi connectivity index (χ1) is 27.2. The standard InChI is InChI=1S/C45H58N6O6/c1-7-8-9-10-11-26-57-37-22-18-32(19-23-37)35-29-47-41(48-30-35)33-14-12-31(13-15-33)27-38(49-42(53)34-16-20-36(21-17-34)45(2,3)4)43(54)50-39(44(55)56)28-40(52)46-24-25-51(5)6/h12-23,29-30,38-39H,7-11,24-28H2,1-6H3,(H,46,52)(H,49,53)(H,50,54)(H,55,56). The SMILES string of the molecule is CCCCCCCOc1ccc(-c2cnc(-c3ccc(CC(NC(=O)c4ccc(C(C)(C)C)cc4)C(=O)NC(CC(=O)NCCN(C)C)C(=O)O)cc3)nc2)cc1. The van der Waals surface area contributed by atoms with Crippen molar-refractivity contribution in [3.63, 3.8) is 0 Å². The number of benzene rings is 3. The third-order valence-corrected chi connectivity index (χ3v) is 9.53. The zero-order valence-corrected chi connectivity index (χ0v) is 34.1. The Bertz CT molecular complexity index is 1890. The van der Waals surface area contributed by atoms with E-state index in [0.717, 1.165) is 34.4 Å². The summed E-state index contributed by atoms with van der Waals surface area (Å²) in [4.78, 5) is 62.9. The molecule has 304 valence electrons. The summed E-state index contributed by atoms with van der Waals surface area (Å²) in [5, 5.41) is 17.8. The van der Waals surface area contributed by atoms with Gasteiger partial charge in [0.2, 0.25) is 11.8 Å². The molecular weight excluding hydrogens is 721 g/mol. The summed E-state index contributed by atoms with van der Waals surface area (Å²) in [6.45, 7) is 10.0. The number of nitrogens with zero attached hydrogens (tertiary/aromatic N) is 3. The maximum Gasteiger partial charge on any atom is 0.326 e. The Kier molecular flexibility index (Phi) is 16.7. The molecule has 1 aromatic heterocycles. The second-order valence-electron chi connectivity index (χ2n) is 15.6. The van der Waals surface area contributed by atoms with E-state index < -0.39 is 42.2 Å². The van der Waals surface area contributed by atoms with E-state index in [4.69, 9.17) is 4.74 Å². The lowest BCUT2D eigenvalue weighted by Crippen LogP contribution is -2.53. The molecule has 12 nitrogen and oxygen atoms in total. The van der Waals surface area contributed by atoms with Crippen LogP contribution in [-0.4, -0.2) is 89.5 Å². The second-order valence-corrected chi connectivity index (χ2v) is 15.6. The predicted molar refractivity (Wildman–Crippen MR) is 223 cm³/mol. The third-order valence-electron chi connectivity index (χ3n) is 9.53. The van der Waals surface area contributed by atoms with Crippen molar-refractivity contribution in [2.24, 2.45) is 0 Å². The number of unbranched alkanes of at least 4 members (excludes halogenated alkanes) is 4. The van der Waals surface area contributed by atoms with Crippen LogP contribution in [0.1, 0.15) is 87.7 Å². The van der Waals surface area contributed by atoms with Crippen molar-refractivity contribution in [1.82, 2.24) is 30.8 Å². The van der Waals surface area contributed by atoms with E-state index in [1.807, 2.05) is 79.7 Å². The third kappa shape index (κ3) is 14.4. The van der Waals surface area contributed by atoms with E-state index in [2.05, 4.69) is 53.6 Å². The van der Waals surface area contributed by atoms with Gasteiger partial charge in [0.1, 0.15) is 17.8 Å². The highest BCUT2D eigenvalue weighted by atomic mass is 16.5. The molecule has 0 aliphatic carbocycles. The Balaban J connectivity index is 1.44. The van der Waals surface area contributed by atoms with Gasteiger partial charge in [0, 0.05) is 48.6 Å². The average molecular weight is 779 g/mol. The Morgan fingerprint density at radius 1 is 0.772 bits per heavy atom. The summed E-state index contributed by atoms with van der Waals surface area (Å²) in [6.07, 6.45) is 9.07. The van der Waals surface area contributed by atoms with Gasteiger partial charge in [0.15, 0.2) is 5.82 Å². The molecule has 0 fully saturated rings. The summed E-state index contributed by atoms with van der Waals surface area (Å²) in [5.41, 5.74) is 4.57. The number of carbonyl (C=O) groups excluding carboxylic acids is 3. The number of ether oxygens (including phenoxy) is 1. The lowest BCUT2D eigenvalue weighted by Gasteiger charge is -2.22.